The molecule has 0 saturated heterocycles. The van der Waals surface area contributed by atoms with Gasteiger partial charge in [-0.2, -0.15) is 0 Å². The molecule has 0 saturated carbocycles. The summed E-state index contributed by atoms with van der Waals surface area (Å²) in [5.74, 6) is 0.423. The molecule has 0 aliphatic heterocycles. The van der Waals surface area contributed by atoms with Crippen molar-refractivity contribution in [2.24, 2.45) is 5.92 Å². The maximum absolute atomic E-state index is 13.1. The van der Waals surface area contributed by atoms with Gasteiger partial charge in [0.2, 0.25) is 0 Å². The van der Waals surface area contributed by atoms with Crippen molar-refractivity contribution in [2.45, 2.75) is 13.8 Å². The number of allylic oxidation sites excluding steroid dienone is 1. The summed E-state index contributed by atoms with van der Waals surface area (Å²) in [5, 5.41) is 0.143. The van der Waals surface area contributed by atoms with Crippen molar-refractivity contribution in [1.29, 1.82) is 0 Å². The molecule has 1 aromatic rings. The van der Waals surface area contributed by atoms with E-state index in [4.69, 9.17) is 23.2 Å². The van der Waals surface area contributed by atoms with Gasteiger partial charge in [-0.1, -0.05) is 43.2 Å². The highest BCUT2D eigenvalue weighted by atomic mass is 35.5. The first-order valence-corrected chi connectivity index (χ1v) is 5.67. The number of benzene rings is 1. The quantitative estimate of drug-likeness (QED) is 0.675. The molecule has 0 unspecified atom stereocenters. The van der Waals surface area contributed by atoms with Crippen molar-refractivity contribution in [1.82, 2.24) is 0 Å². The monoisotopic (exact) mass is 246 g/mol. The van der Waals surface area contributed by atoms with Gasteiger partial charge in [-0.15, -0.1) is 11.6 Å². The highest BCUT2D eigenvalue weighted by molar-refractivity contribution is 6.30. The minimum absolute atomic E-state index is 0.143. The fourth-order valence-electron chi connectivity index (χ4n) is 1.18. The predicted molar refractivity (Wildman–Crippen MR) is 64.9 cm³/mol. The van der Waals surface area contributed by atoms with Crippen molar-refractivity contribution in [3.63, 3.8) is 0 Å². The van der Waals surface area contributed by atoms with E-state index >= 15 is 0 Å². The third-order valence-electron chi connectivity index (χ3n) is 2.19. The molecule has 0 fully saturated rings. The summed E-state index contributed by atoms with van der Waals surface area (Å²) < 4.78 is 13.1. The molecule has 0 amide bonds. The Morgan fingerprint density at radius 3 is 2.60 bits per heavy atom. The van der Waals surface area contributed by atoms with Crippen LogP contribution in [0.2, 0.25) is 5.02 Å². The average Bonchev–Trinajstić information content (AvgIpc) is 2.19. The number of halogens is 3. The van der Waals surface area contributed by atoms with E-state index in [1.807, 2.05) is 6.08 Å². The molecule has 0 heterocycles. The maximum Gasteiger partial charge on any atom is 0.142 e. The van der Waals surface area contributed by atoms with Crippen LogP contribution in [0, 0.1) is 11.7 Å². The second-order valence-electron chi connectivity index (χ2n) is 3.68. The van der Waals surface area contributed by atoms with Gasteiger partial charge in [0.25, 0.3) is 0 Å². The van der Waals surface area contributed by atoms with Crippen LogP contribution in [0.5, 0.6) is 0 Å². The molecule has 82 valence electrons. The van der Waals surface area contributed by atoms with E-state index in [-0.39, 0.29) is 5.02 Å². The second kappa shape index (κ2) is 5.53. The fourth-order valence-corrected chi connectivity index (χ4v) is 1.68. The lowest BCUT2D eigenvalue weighted by Crippen LogP contribution is -1.95. The van der Waals surface area contributed by atoms with E-state index in [0.29, 0.717) is 11.8 Å². The molecule has 0 atom stereocenters. The van der Waals surface area contributed by atoms with Gasteiger partial charge >= 0.3 is 0 Å². The van der Waals surface area contributed by atoms with Gasteiger partial charge < -0.3 is 0 Å². The molecule has 1 rings (SSSR count). The lowest BCUT2D eigenvalue weighted by molar-refractivity contribution is 0.628. The largest absolute Gasteiger partial charge is 0.205 e. The Kier molecular flexibility index (Phi) is 4.62. The number of alkyl halides is 1. The third kappa shape index (κ3) is 3.51. The lowest BCUT2D eigenvalue weighted by atomic mass is 10.0. The summed E-state index contributed by atoms with van der Waals surface area (Å²) in [4.78, 5) is 0. The molecule has 15 heavy (non-hydrogen) atoms. The van der Waals surface area contributed by atoms with Crippen LogP contribution < -0.4 is 0 Å². The Bertz CT molecular complexity index is 370. The minimum atomic E-state index is -0.400. The molecule has 0 aromatic heterocycles. The van der Waals surface area contributed by atoms with Gasteiger partial charge in [0.05, 0.1) is 5.02 Å². The van der Waals surface area contributed by atoms with Crippen molar-refractivity contribution in [3.8, 4) is 0 Å². The summed E-state index contributed by atoms with van der Waals surface area (Å²) in [5.41, 5.74) is 1.87. The van der Waals surface area contributed by atoms with E-state index in [1.165, 1.54) is 6.07 Å². The number of hydrogen-bond acceptors (Lipinski definition) is 0. The number of hydrogen-bond donors (Lipinski definition) is 0. The third-order valence-corrected chi connectivity index (χ3v) is 2.81. The molecule has 0 radical (unpaired) electrons. The minimum Gasteiger partial charge on any atom is -0.205 e. The summed E-state index contributed by atoms with van der Waals surface area (Å²) >= 11 is 11.4. The zero-order chi connectivity index (χ0) is 11.4. The zero-order valence-corrected chi connectivity index (χ0v) is 10.2. The molecular formula is C12H13Cl2F. The molecule has 0 aliphatic rings. The molecule has 0 nitrogen and oxygen atoms in total. The normalized spacial score (nSPS) is 12.3. The lowest BCUT2D eigenvalue weighted by Gasteiger charge is -2.07. The molecule has 0 spiro atoms. The molecule has 0 bridgehead atoms. The Hall–Kier alpha value is -0.530. The van der Waals surface area contributed by atoms with Crippen molar-refractivity contribution in [3.05, 3.63) is 40.2 Å². The smallest absolute Gasteiger partial charge is 0.142 e. The Morgan fingerprint density at radius 1 is 1.47 bits per heavy atom. The van der Waals surface area contributed by atoms with E-state index in [1.54, 1.807) is 12.1 Å². The number of rotatable bonds is 3. The standard InChI is InChI=1S/C12H13Cl2F/c1-8(2)10(7-13)5-9-3-4-11(14)12(15)6-9/h3-6,8H,7H2,1-2H3. The SMILES string of the molecule is CC(C)C(=Cc1ccc(Cl)c(F)c1)CCl. The van der Waals surface area contributed by atoms with Crippen molar-refractivity contribution < 1.29 is 4.39 Å². The van der Waals surface area contributed by atoms with E-state index in [9.17, 15) is 4.39 Å². The van der Waals surface area contributed by atoms with Gasteiger partial charge in [-0.05, 0) is 23.6 Å². The van der Waals surface area contributed by atoms with Crippen LogP contribution in [0.25, 0.3) is 6.08 Å². The van der Waals surface area contributed by atoms with Crippen LogP contribution in [0.15, 0.2) is 23.8 Å². The molecule has 3 heteroatoms. The molecule has 0 aliphatic carbocycles. The van der Waals surface area contributed by atoms with E-state index in [2.05, 4.69) is 13.8 Å². The summed E-state index contributed by atoms with van der Waals surface area (Å²) in [6, 6.07) is 4.74. The first-order chi connectivity index (χ1) is 7.04. The summed E-state index contributed by atoms with van der Waals surface area (Å²) in [7, 11) is 0. The first kappa shape index (κ1) is 12.5. The van der Waals surface area contributed by atoms with Crippen molar-refractivity contribution >= 4 is 29.3 Å². The van der Waals surface area contributed by atoms with E-state index in [0.717, 1.165) is 11.1 Å². The molecule has 0 N–H and O–H groups in total. The first-order valence-electron chi connectivity index (χ1n) is 4.76. The zero-order valence-electron chi connectivity index (χ0n) is 8.73. The second-order valence-corrected chi connectivity index (χ2v) is 4.36. The predicted octanol–water partition coefficient (Wildman–Crippen LogP) is 4.76. The average molecular weight is 247 g/mol. The van der Waals surface area contributed by atoms with Gasteiger partial charge in [-0.3, -0.25) is 0 Å². The molecular weight excluding hydrogens is 234 g/mol. The Labute approximate surface area is 99.7 Å². The highest BCUT2D eigenvalue weighted by Gasteiger charge is 2.03. The van der Waals surface area contributed by atoms with Crippen LogP contribution in [-0.4, -0.2) is 5.88 Å². The van der Waals surface area contributed by atoms with Crippen LogP contribution >= 0.6 is 23.2 Å². The van der Waals surface area contributed by atoms with E-state index < -0.39 is 5.82 Å². The van der Waals surface area contributed by atoms with Gasteiger partial charge in [0, 0.05) is 5.88 Å². The van der Waals surface area contributed by atoms with Gasteiger partial charge in [0.1, 0.15) is 5.82 Å². The van der Waals surface area contributed by atoms with Crippen LogP contribution in [0.3, 0.4) is 0 Å². The van der Waals surface area contributed by atoms with Gasteiger partial charge in [0.15, 0.2) is 0 Å². The fraction of sp³-hybridized carbons (Fsp3) is 0.333. The molecule has 1 aromatic carbocycles. The Morgan fingerprint density at radius 2 is 2.13 bits per heavy atom. The maximum atomic E-state index is 13.1. The highest BCUT2D eigenvalue weighted by Crippen LogP contribution is 2.20. The Balaban J connectivity index is 3.01. The topological polar surface area (TPSA) is 0 Å². The van der Waals surface area contributed by atoms with Crippen LogP contribution in [0.4, 0.5) is 4.39 Å². The summed E-state index contributed by atoms with van der Waals surface area (Å²) in [6.45, 7) is 4.11. The van der Waals surface area contributed by atoms with Crippen molar-refractivity contribution in [2.75, 3.05) is 5.88 Å². The van der Waals surface area contributed by atoms with Gasteiger partial charge in [-0.25, -0.2) is 4.39 Å². The van der Waals surface area contributed by atoms with Crippen LogP contribution in [-0.2, 0) is 0 Å². The van der Waals surface area contributed by atoms with Crippen LogP contribution in [0.1, 0.15) is 19.4 Å². The summed E-state index contributed by atoms with van der Waals surface area (Å²) in [6.07, 6.45) is 1.90.